The molecule has 1 aromatic rings. The Labute approximate surface area is 85.1 Å². The SMILES string of the molecule is Cc1ccccc1[C@H](C(N)=O)C(C)C. The number of rotatable bonds is 3. The lowest BCUT2D eigenvalue weighted by atomic mass is 9.85. The van der Waals surface area contributed by atoms with E-state index < -0.39 is 0 Å². The van der Waals surface area contributed by atoms with Crippen LogP contribution in [0.1, 0.15) is 30.9 Å². The van der Waals surface area contributed by atoms with Crippen molar-refractivity contribution in [3.63, 3.8) is 0 Å². The molecule has 0 saturated carbocycles. The topological polar surface area (TPSA) is 43.1 Å². The van der Waals surface area contributed by atoms with Crippen molar-refractivity contribution in [1.82, 2.24) is 0 Å². The molecule has 0 fully saturated rings. The van der Waals surface area contributed by atoms with Gasteiger partial charge < -0.3 is 5.73 Å². The van der Waals surface area contributed by atoms with E-state index in [-0.39, 0.29) is 17.7 Å². The molecule has 2 heteroatoms. The van der Waals surface area contributed by atoms with Gasteiger partial charge >= 0.3 is 0 Å². The Hall–Kier alpha value is -1.31. The van der Waals surface area contributed by atoms with Crippen LogP contribution in [0.5, 0.6) is 0 Å². The summed E-state index contributed by atoms with van der Waals surface area (Å²) in [5.41, 5.74) is 7.58. The molecule has 1 rings (SSSR count). The second-order valence-electron chi connectivity index (χ2n) is 3.98. The average Bonchev–Trinajstić information content (AvgIpc) is 2.07. The number of aryl methyl sites for hydroxylation is 1. The molecule has 2 N–H and O–H groups in total. The van der Waals surface area contributed by atoms with Crippen molar-refractivity contribution in [3.8, 4) is 0 Å². The van der Waals surface area contributed by atoms with Gasteiger partial charge in [-0.25, -0.2) is 0 Å². The van der Waals surface area contributed by atoms with E-state index in [1.807, 2.05) is 45.0 Å². The molecule has 0 unspecified atom stereocenters. The van der Waals surface area contributed by atoms with E-state index in [1.54, 1.807) is 0 Å². The number of amides is 1. The molecule has 0 radical (unpaired) electrons. The minimum absolute atomic E-state index is 0.170. The summed E-state index contributed by atoms with van der Waals surface area (Å²) in [6.07, 6.45) is 0. The van der Waals surface area contributed by atoms with Gasteiger partial charge in [-0.3, -0.25) is 4.79 Å². The van der Waals surface area contributed by atoms with E-state index in [4.69, 9.17) is 5.73 Å². The van der Waals surface area contributed by atoms with Crippen LogP contribution in [0.3, 0.4) is 0 Å². The third kappa shape index (κ3) is 2.13. The molecule has 0 saturated heterocycles. The van der Waals surface area contributed by atoms with Gasteiger partial charge in [0.2, 0.25) is 5.91 Å². The van der Waals surface area contributed by atoms with Crippen molar-refractivity contribution in [2.75, 3.05) is 0 Å². The van der Waals surface area contributed by atoms with Gasteiger partial charge in [-0.2, -0.15) is 0 Å². The van der Waals surface area contributed by atoms with Crippen LogP contribution < -0.4 is 5.73 Å². The summed E-state index contributed by atoms with van der Waals surface area (Å²) >= 11 is 0. The number of benzene rings is 1. The second-order valence-corrected chi connectivity index (χ2v) is 3.98. The summed E-state index contributed by atoms with van der Waals surface area (Å²) in [7, 11) is 0. The molecular formula is C12H17NO. The lowest BCUT2D eigenvalue weighted by Gasteiger charge is -2.19. The highest BCUT2D eigenvalue weighted by Crippen LogP contribution is 2.26. The normalized spacial score (nSPS) is 12.9. The van der Waals surface area contributed by atoms with E-state index in [9.17, 15) is 4.79 Å². The molecule has 0 heterocycles. The number of nitrogens with two attached hydrogens (primary N) is 1. The molecule has 14 heavy (non-hydrogen) atoms. The number of primary amides is 1. The van der Waals surface area contributed by atoms with Crippen LogP contribution in [0.25, 0.3) is 0 Å². The summed E-state index contributed by atoms with van der Waals surface area (Å²) in [6.45, 7) is 6.04. The molecule has 0 aliphatic carbocycles. The highest BCUT2D eigenvalue weighted by molar-refractivity contribution is 5.82. The van der Waals surface area contributed by atoms with E-state index in [0.29, 0.717) is 0 Å². The zero-order valence-electron chi connectivity index (χ0n) is 8.95. The number of hydrogen-bond donors (Lipinski definition) is 1. The zero-order valence-corrected chi connectivity index (χ0v) is 8.95. The minimum atomic E-state index is -0.241. The standard InChI is InChI=1S/C12H17NO/c1-8(2)11(12(13)14)10-7-5-4-6-9(10)3/h4-8,11H,1-3H3,(H2,13,14)/t11-/m1/s1. The lowest BCUT2D eigenvalue weighted by Crippen LogP contribution is -2.26. The molecule has 0 aliphatic rings. The van der Waals surface area contributed by atoms with Gasteiger partial charge in [-0.15, -0.1) is 0 Å². The molecule has 1 amide bonds. The van der Waals surface area contributed by atoms with Crippen molar-refractivity contribution in [2.24, 2.45) is 11.7 Å². The quantitative estimate of drug-likeness (QED) is 0.782. The predicted octanol–water partition coefficient (Wildman–Crippen LogP) is 2.22. The van der Waals surface area contributed by atoms with Crippen LogP contribution in [0.4, 0.5) is 0 Å². The molecule has 2 nitrogen and oxygen atoms in total. The van der Waals surface area contributed by atoms with Crippen LogP contribution in [-0.4, -0.2) is 5.91 Å². The van der Waals surface area contributed by atoms with Crippen molar-refractivity contribution >= 4 is 5.91 Å². The van der Waals surface area contributed by atoms with Gasteiger partial charge in [0.25, 0.3) is 0 Å². The van der Waals surface area contributed by atoms with Crippen molar-refractivity contribution in [2.45, 2.75) is 26.7 Å². The van der Waals surface area contributed by atoms with Gasteiger partial charge in [0.05, 0.1) is 5.92 Å². The van der Waals surface area contributed by atoms with Gasteiger partial charge in [-0.05, 0) is 24.0 Å². The minimum Gasteiger partial charge on any atom is -0.369 e. The third-order valence-electron chi connectivity index (χ3n) is 2.50. The Morgan fingerprint density at radius 2 is 1.86 bits per heavy atom. The monoisotopic (exact) mass is 191 g/mol. The average molecular weight is 191 g/mol. The van der Waals surface area contributed by atoms with E-state index >= 15 is 0 Å². The van der Waals surface area contributed by atoms with Crippen LogP contribution in [0, 0.1) is 12.8 Å². The summed E-state index contributed by atoms with van der Waals surface area (Å²) < 4.78 is 0. The van der Waals surface area contributed by atoms with E-state index in [1.165, 1.54) is 0 Å². The third-order valence-corrected chi connectivity index (χ3v) is 2.50. The molecule has 1 atom stereocenters. The first-order chi connectivity index (χ1) is 6.54. The van der Waals surface area contributed by atoms with E-state index in [2.05, 4.69) is 0 Å². The molecule has 0 aromatic heterocycles. The Morgan fingerprint density at radius 1 is 1.29 bits per heavy atom. The number of carbonyl (C=O) groups excluding carboxylic acids is 1. The van der Waals surface area contributed by atoms with Gasteiger partial charge in [0.1, 0.15) is 0 Å². The van der Waals surface area contributed by atoms with Gasteiger partial charge in [0.15, 0.2) is 0 Å². The summed E-state index contributed by atoms with van der Waals surface area (Å²) in [4.78, 5) is 11.3. The van der Waals surface area contributed by atoms with Crippen LogP contribution in [-0.2, 0) is 4.79 Å². The maximum absolute atomic E-state index is 11.3. The fourth-order valence-corrected chi connectivity index (χ4v) is 1.78. The van der Waals surface area contributed by atoms with Crippen molar-refractivity contribution in [1.29, 1.82) is 0 Å². The highest BCUT2D eigenvalue weighted by Gasteiger charge is 2.22. The molecule has 0 spiro atoms. The molecule has 0 aliphatic heterocycles. The van der Waals surface area contributed by atoms with E-state index in [0.717, 1.165) is 11.1 Å². The Balaban J connectivity index is 3.12. The lowest BCUT2D eigenvalue weighted by molar-refractivity contribution is -0.120. The van der Waals surface area contributed by atoms with Crippen molar-refractivity contribution in [3.05, 3.63) is 35.4 Å². The Bertz CT molecular complexity index is 331. The number of carbonyl (C=O) groups is 1. The maximum Gasteiger partial charge on any atom is 0.225 e. The first kappa shape index (κ1) is 10.8. The Morgan fingerprint density at radius 3 is 2.29 bits per heavy atom. The van der Waals surface area contributed by atoms with Gasteiger partial charge in [0, 0.05) is 0 Å². The first-order valence-electron chi connectivity index (χ1n) is 4.89. The largest absolute Gasteiger partial charge is 0.369 e. The molecule has 1 aromatic carbocycles. The molecule has 0 bridgehead atoms. The van der Waals surface area contributed by atoms with Crippen LogP contribution in [0.2, 0.25) is 0 Å². The first-order valence-corrected chi connectivity index (χ1v) is 4.89. The molecular weight excluding hydrogens is 174 g/mol. The van der Waals surface area contributed by atoms with Crippen LogP contribution >= 0.6 is 0 Å². The fourth-order valence-electron chi connectivity index (χ4n) is 1.78. The molecule has 76 valence electrons. The van der Waals surface area contributed by atoms with Crippen molar-refractivity contribution < 1.29 is 4.79 Å². The fraction of sp³-hybridized carbons (Fsp3) is 0.417. The summed E-state index contributed by atoms with van der Waals surface area (Å²) in [6, 6.07) is 7.90. The number of hydrogen-bond acceptors (Lipinski definition) is 1. The highest BCUT2D eigenvalue weighted by atomic mass is 16.1. The van der Waals surface area contributed by atoms with Crippen LogP contribution in [0.15, 0.2) is 24.3 Å². The smallest absolute Gasteiger partial charge is 0.225 e. The maximum atomic E-state index is 11.3. The summed E-state index contributed by atoms with van der Waals surface area (Å²) in [5.74, 6) is -0.168. The van der Waals surface area contributed by atoms with Gasteiger partial charge in [-0.1, -0.05) is 38.1 Å². The summed E-state index contributed by atoms with van der Waals surface area (Å²) in [5, 5.41) is 0. The predicted molar refractivity (Wildman–Crippen MR) is 58.0 cm³/mol. The zero-order chi connectivity index (χ0) is 10.7. The Kier molecular flexibility index (Phi) is 3.28. The second kappa shape index (κ2) is 4.27.